The van der Waals surface area contributed by atoms with Crippen LogP contribution in [0.5, 0.6) is 0 Å². The first-order valence-electron chi connectivity index (χ1n) is 5.02. The number of fused-ring (bicyclic) bond motifs is 1. The molecule has 0 amide bonds. The van der Waals surface area contributed by atoms with Crippen LogP contribution < -0.4 is 5.73 Å². The molecule has 0 atom stereocenters. The Morgan fingerprint density at radius 3 is 2.65 bits per heavy atom. The normalized spacial score (nSPS) is 10.9. The number of aromatic nitrogens is 2. The molecule has 3 nitrogen and oxygen atoms in total. The molecule has 0 saturated carbocycles. The van der Waals surface area contributed by atoms with Crippen LogP contribution >= 0.6 is 22.9 Å². The topological polar surface area (TPSA) is 51.8 Å². The Hall–Kier alpha value is -1.65. The Labute approximate surface area is 107 Å². The second-order valence-corrected chi connectivity index (χ2v) is 4.96. The number of rotatable bonds is 1. The lowest BCUT2D eigenvalue weighted by Crippen LogP contribution is -1.90. The molecule has 3 rings (SSSR count). The summed E-state index contributed by atoms with van der Waals surface area (Å²) in [6.45, 7) is 0. The van der Waals surface area contributed by atoms with E-state index in [0.717, 1.165) is 25.9 Å². The molecule has 0 unspecified atom stereocenters. The average Bonchev–Trinajstić information content (AvgIpc) is 2.74. The van der Waals surface area contributed by atoms with Gasteiger partial charge in [-0.2, -0.15) is 0 Å². The molecule has 1 aromatic carbocycles. The molecule has 2 N–H and O–H groups in total. The third-order valence-electron chi connectivity index (χ3n) is 2.36. The first-order chi connectivity index (χ1) is 8.24. The quantitative estimate of drug-likeness (QED) is 0.728. The SMILES string of the molecule is Nc1cccc(-c2nc3cccc(Cl)c3s2)n1. The van der Waals surface area contributed by atoms with Gasteiger partial charge in [0.25, 0.3) is 0 Å². The maximum atomic E-state index is 6.11. The first kappa shape index (κ1) is 10.5. The van der Waals surface area contributed by atoms with Crippen molar-refractivity contribution in [3.63, 3.8) is 0 Å². The van der Waals surface area contributed by atoms with Gasteiger partial charge in [0.05, 0.1) is 15.2 Å². The van der Waals surface area contributed by atoms with E-state index in [4.69, 9.17) is 17.3 Å². The van der Waals surface area contributed by atoms with Gasteiger partial charge in [-0.15, -0.1) is 11.3 Å². The number of hydrogen-bond donors (Lipinski definition) is 1. The third-order valence-corrected chi connectivity index (χ3v) is 3.91. The number of nitrogen functional groups attached to an aromatic ring is 1. The summed E-state index contributed by atoms with van der Waals surface area (Å²) in [4.78, 5) is 8.75. The average molecular weight is 262 g/mol. The molecule has 84 valence electrons. The van der Waals surface area contributed by atoms with Crippen molar-refractivity contribution in [2.24, 2.45) is 0 Å². The van der Waals surface area contributed by atoms with Crippen molar-refractivity contribution >= 4 is 39.0 Å². The smallest absolute Gasteiger partial charge is 0.143 e. The predicted molar refractivity (Wildman–Crippen MR) is 72.3 cm³/mol. The first-order valence-corrected chi connectivity index (χ1v) is 6.21. The highest BCUT2D eigenvalue weighted by Crippen LogP contribution is 2.33. The van der Waals surface area contributed by atoms with E-state index in [-0.39, 0.29) is 0 Å². The minimum absolute atomic E-state index is 0.493. The van der Waals surface area contributed by atoms with Crippen LogP contribution in [0.15, 0.2) is 36.4 Å². The molecule has 2 heterocycles. The van der Waals surface area contributed by atoms with Crippen LogP contribution in [-0.4, -0.2) is 9.97 Å². The monoisotopic (exact) mass is 261 g/mol. The van der Waals surface area contributed by atoms with Gasteiger partial charge >= 0.3 is 0 Å². The predicted octanol–water partition coefficient (Wildman–Crippen LogP) is 3.59. The van der Waals surface area contributed by atoms with E-state index in [0.29, 0.717) is 5.82 Å². The zero-order valence-corrected chi connectivity index (χ0v) is 10.3. The maximum Gasteiger partial charge on any atom is 0.143 e. The zero-order valence-electron chi connectivity index (χ0n) is 8.72. The zero-order chi connectivity index (χ0) is 11.8. The molecule has 0 fully saturated rings. The van der Waals surface area contributed by atoms with E-state index in [9.17, 15) is 0 Å². The van der Waals surface area contributed by atoms with Crippen LogP contribution in [0.1, 0.15) is 0 Å². The van der Waals surface area contributed by atoms with Gasteiger partial charge in [0.15, 0.2) is 0 Å². The van der Waals surface area contributed by atoms with E-state index >= 15 is 0 Å². The number of benzene rings is 1. The molecule has 3 aromatic rings. The van der Waals surface area contributed by atoms with Crippen LogP contribution in [0.2, 0.25) is 5.02 Å². The van der Waals surface area contributed by atoms with Crippen LogP contribution in [-0.2, 0) is 0 Å². The molecular formula is C12H8ClN3S. The minimum Gasteiger partial charge on any atom is -0.384 e. The molecule has 0 aliphatic heterocycles. The van der Waals surface area contributed by atoms with Crippen molar-refractivity contribution in [1.29, 1.82) is 0 Å². The highest BCUT2D eigenvalue weighted by atomic mass is 35.5. The Morgan fingerprint density at radius 2 is 1.88 bits per heavy atom. The summed E-state index contributed by atoms with van der Waals surface area (Å²) >= 11 is 7.64. The summed E-state index contributed by atoms with van der Waals surface area (Å²) in [5, 5.41) is 1.55. The lowest BCUT2D eigenvalue weighted by molar-refractivity contribution is 1.31. The molecule has 0 aliphatic rings. The van der Waals surface area contributed by atoms with E-state index in [1.807, 2.05) is 30.3 Å². The largest absolute Gasteiger partial charge is 0.384 e. The van der Waals surface area contributed by atoms with E-state index in [1.54, 1.807) is 6.07 Å². The van der Waals surface area contributed by atoms with Gasteiger partial charge in [0.1, 0.15) is 16.5 Å². The molecule has 2 aromatic heterocycles. The van der Waals surface area contributed by atoms with Crippen molar-refractivity contribution < 1.29 is 0 Å². The van der Waals surface area contributed by atoms with Gasteiger partial charge in [0.2, 0.25) is 0 Å². The van der Waals surface area contributed by atoms with Crippen LogP contribution in [0.4, 0.5) is 5.82 Å². The van der Waals surface area contributed by atoms with E-state index < -0.39 is 0 Å². The second-order valence-electron chi connectivity index (χ2n) is 3.55. The van der Waals surface area contributed by atoms with Gasteiger partial charge in [-0.3, -0.25) is 0 Å². The lowest BCUT2D eigenvalue weighted by Gasteiger charge is -1.95. The van der Waals surface area contributed by atoms with Crippen molar-refractivity contribution in [2.75, 3.05) is 5.73 Å². The summed E-state index contributed by atoms with van der Waals surface area (Å²) in [5.41, 5.74) is 7.33. The van der Waals surface area contributed by atoms with Gasteiger partial charge < -0.3 is 5.73 Å². The maximum absolute atomic E-state index is 6.11. The molecule has 5 heteroatoms. The molecule has 0 saturated heterocycles. The number of thiazole rings is 1. The molecule has 17 heavy (non-hydrogen) atoms. The van der Waals surface area contributed by atoms with Crippen LogP contribution in [0.25, 0.3) is 20.9 Å². The number of halogens is 1. The van der Waals surface area contributed by atoms with Gasteiger partial charge in [-0.05, 0) is 24.3 Å². The molecule has 0 bridgehead atoms. The second kappa shape index (κ2) is 3.98. The Morgan fingerprint density at radius 1 is 1.06 bits per heavy atom. The standard InChI is InChI=1S/C12H8ClN3S/c13-7-3-1-4-8-11(7)17-12(16-8)9-5-2-6-10(14)15-9/h1-6H,(H2,14,15). The van der Waals surface area contributed by atoms with Crippen LogP contribution in [0, 0.1) is 0 Å². The summed E-state index contributed by atoms with van der Waals surface area (Å²) in [6, 6.07) is 11.2. The van der Waals surface area contributed by atoms with E-state index in [2.05, 4.69) is 9.97 Å². The van der Waals surface area contributed by atoms with Crippen LogP contribution in [0.3, 0.4) is 0 Å². The van der Waals surface area contributed by atoms with Crippen molar-refractivity contribution in [3.8, 4) is 10.7 Å². The molecule has 0 aliphatic carbocycles. The fourth-order valence-electron chi connectivity index (χ4n) is 1.60. The fourth-order valence-corrected chi connectivity index (χ4v) is 2.82. The summed E-state index contributed by atoms with van der Waals surface area (Å²) in [5.74, 6) is 0.493. The third kappa shape index (κ3) is 1.85. The lowest BCUT2D eigenvalue weighted by atomic mass is 10.3. The highest BCUT2D eigenvalue weighted by Gasteiger charge is 2.09. The Balaban J connectivity index is 2.22. The van der Waals surface area contributed by atoms with E-state index in [1.165, 1.54) is 11.3 Å². The van der Waals surface area contributed by atoms with Gasteiger partial charge in [0, 0.05) is 0 Å². The summed E-state index contributed by atoms with van der Waals surface area (Å²) < 4.78 is 0.980. The number of hydrogen-bond acceptors (Lipinski definition) is 4. The minimum atomic E-state index is 0.493. The number of nitrogens with zero attached hydrogens (tertiary/aromatic N) is 2. The van der Waals surface area contributed by atoms with Crippen molar-refractivity contribution in [2.45, 2.75) is 0 Å². The molecule has 0 spiro atoms. The Kier molecular flexibility index (Phi) is 2.46. The Bertz CT molecular complexity index is 693. The van der Waals surface area contributed by atoms with Crippen molar-refractivity contribution in [3.05, 3.63) is 41.4 Å². The number of nitrogens with two attached hydrogens (primary N) is 1. The summed E-state index contributed by atoms with van der Waals surface area (Å²) in [7, 11) is 0. The highest BCUT2D eigenvalue weighted by molar-refractivity contribution is 7.22. The van der Waals surface area contributed by atoms with Gasteiger partial charge in [-0.1, -0.05) is 23.7 Å². The number of anilines is 1. The fraction of sp³-hybridized carbons (Fsp3) is 0. The molecule has 0 radical (unpaired) electrons. The van der Waals surface area contributed by atoms with Gasteiger partial charge in [-0.25, -0.2) is 9.97 Å². The summed E-state index contributed by atoms with van der Waals surface area (Å²) in [6.07, 6.45) is 0. The van der Waals surface area contributed by atoms with Crippen molar-refractivity contribution in [1.82, 2.24) is 9.97 Å². The molecular weight excluding hydrogens is 254 g/mol. The number of pyridine rings is 1.